The third-order valence-electron chi connectivity index (χ3n) is 5.20. The second-order valence-corrected chi connectivity index (χ2v) is 7.31. The zero-order valence-electron chi connectivity index (χ0n) is 14.9. The van der Waals surface area contributed by atoms with Crippen LogP contribution in [0.1, 0.15) is 37.3 Å². The maximum Gasteiger partial charge on any atom is 0.137 e. The molecule has 7 heteroatoms. The lowest BCUT2D eigenvalue weighted by Crippen LogP contribution is -2.46. The minimum Gasteiger partial charge on any atom is -0.495 e. The zero-order chi connectivity index (χ0) is 16.2. The molecule has 1 aliphatic carbocycles. The summed E-state index contributed by atoms with van der Waals surface area (Å²) in [5.74, 6) is 2.46. The fourth-order valence-electron chi connectivity index (χ4n) is 4.07. The van der Waals surface area contributed by atoms with E-state index in [9.17, 15) is 0 Å². The molecule has 3 rings (SSSR count). The smallest absolute Gasteiger partial charge is 0.137 e. The molecule has 0 bridgehead atoms. The Morgan fingerprint density at radius 1 is 1.04 bits per heavy atom. The summed E-state index contributed by atoms with van der Waals surface area (Å²) in [6, 6.07) is 4.85. The molecule has 0 spiro atoms. The van der Waals surface area contributed by atoms with Crippen molar-refractivity contribution in [3.8, 4) is 11.5 Å². The Balaban J connectivity index is 0.00000156. The van der Waals surface area contributed by atoms with E-state index in [1.165, 1.54) is 31.2 Å². The molecule has 1 aromatic carbocycles. The Labute approximate surface area is 172 Å². The van der Waals surface area contributed by atoms with Crippen LogP contribution >= 0.6 is 40.7 Å². The maximum absolute atomic E-state index is 5.57. The summed E-state index contributed by atoms with van der Waals surface area (Å²) in [4.78, 5) is 2.65. The third-order valence-corrected chi connectivity index (χ3v) is 5.98. The molecule has 25 heavy (non-hydrogen) atoms. The normalized spacial score (nSPS) is 19.6. The van der Waals surface area contributed by atoms with Crippen LogP contribution in [0.4, 0.5) is 0 Å². The van der Waals surface area contributed by atoms with Gasteiger partial charge in [-0.05, 0) is 52.4 Å². The van der Waals surface area contributed by atoms with Gasteiger partial charge in [0, 0.05) is 32.2 Å². The van der Waals surface area contributed by atoms with Crippen LogP contribution in [0.15, 0.2) is 16.6 Å². The topological polar surface area (TPSA) is 33.7 Å². The van der Waals surface area contributed by atoms with E-state index in [2.05, 4.69) is 38.3 Å². The van der Waals surface area contributed by atoms with Crippen molar-refractivity contribution in [3.63, 3.8) is 0 Å². The van der Waals surface area contributed by atoms with Crippen molar-refractivity contribution in [3.05, 3.63) is 22.2 Å². The Bertz CT molecular complexity index is 511. The van der Waals surface area contributed by atoms with Gasteiger partial charge in [-0.25, -0.2) is 0 Å². The largest absolute Gasteiger partial charge is 0.495 e. The van der Waals surface area contributed by atoms with E-state index in [0.29, 0.717) is 6.04 Å². The first kappa shape index (κ1) is 22.8. The minimum absolute atomic E-state index is 0. The van der Waals surface area contributed by atoms with Gasteiger partial charge in [0.15, 0.2) is 0 Å². The van der Waals surface area contributed by atoms with E-state index in [1.54, 1.807) is 14.2 Å². The van der Waals surface area contributed by atoms with Crippen molar-refractivity contribution >= 4 is 40.7 Å². The van der Waals surface area contributed by atoms with Crippen molar-refractivity contribution < 1.29 is 9.47 Å². The summed E-state index contributed by atoms with van der Waals surface area (Å²) in [7, 11) is 3.44. The van der Waals surface area contributed by atoms with Gasteiger partial charge in [-0.15, -0.1) is 24.8 Å². The van der Waals surface area contributed by atoms with Gasteiger partial charge >= 0.3 is 0 Å². The SMILES string of the molecule is COc1cc([C@@H](C2CCCC2)N2CCNCC2)cc(OC)c1Br.Cl.Cl. The van der Waals surface area contributed by atoms with Crippen LogP contribution in [0.2, 0.25) is 0 Å². The number of piperazine rings is 1. The molecule has 1 aliphatic heterocycles. The van der Waals surface area contributed by atoms with E-state index in [-0.39, 0.29) is 24.8 Å². The Hall–Kier alpha value is -0.200. The van der Waals surface area contributed by atoms with Gasteiger partial charge in [-0.3, -0.25) is 4.90 Å². The van der Waals surface area contributed by atoms with Crippen LogP contribution < -0.4 is 14.8 Å². The molecule has 144 valence electrons. The van der Waals surface area contributed by atoms with Gasteiger partial charge in [-0.2, -0.15) is 0 Å². The summed E-state index contributed by atoms with van der Waals surface area (Å²) in [5.41, 5.74) is 1.33. The summed E-state index contributed by atoms with van der Waals surface area (Å²) in [6.07, 6.45) is 5.38. The Morgan fingerprint density at radius 2 is 1.56 bits per heavy atom. The number of ether oxygens (including phenoxy) is 2. The van der Waals surface area contributed by atoms with Crippen LogP contribution in [0.5, 0.6) is 11.5 Å². The lowest BCUT2D eigenvalue weighted by Gasteiger charge is -2.39. The molecule has 1 atom stereocenters. The first-order chi connectivity index (χ1) is 11.2. The van der Waals surface area contributed by atoms with Gasteiger partial charge in [0.05, 0.1) is 14.2 Å². The monoisotopic (exact) mass is 454 g/mol. The lowest BCUT2D eigenvalue weighted by molar-refractivity contribution is 0.125. The predicted octanol–water partition coefficient (Wildman–Crippen LogP) is 4.45. The summed E-state index contributed by atoms with van der Waals surface area (Å²) in [6.45, 7) is 4.38. The molecule has 4 nitrogen and oxygen atoms in total. The number of rotatable bonds is 5. The van der Waals surface area contributed by atoms with Crippen LogP contribution in [0.3, 0.4) is 0 Å². The summed E-state index contributed by atoms with van der Waals surface area (Å²) < 4.78 is 12.0. The first-order valence-electron chi connectivity index (χ1n) is 8.60. The Kier molecular flexibility index (Phi) is 9.89. The zero-order valence-corrected chi connectivity index (χ0v) is 18.1. The van der Waals surface area contributed by atoms with Crippen molar-refractivity contribution in [2.75, 3.05) is 40.4 Å². The van der Waals surface area contributed by atoms with E-state index < -0.39 is 0 Å². The van der Waals surface area contributed by atoms with Gasteiger partial charge in [0.2, 0.25) is 0 Å². The van der Waals surface area contributed by atoms with Crippen molar-refractivity contribution in [2.45, 2.75) is 31.7 Å². The average Bonchev–Trinajstić information content (AvgIpc) is 3.11. The van der Waals surface area contributed by atoms with E-state index in [4.69, 9.17) is 9.47 Å². The molecule has 1 saturated heterocycles. The van der Waals surface area contributed by atoms with E-state index in [0.717, 1.165) is 48.1 Å². The molecular formula is C18H29BrCl2N2O2. The standard InChI is InChI=1S/C18H27BrN2O2.2ClH/c1-22-15-11-14(12-16(23-2)17(15)19)18(13-5-3-4-6-13)21-9-7-20-8-10-21;;/h11-13,18,20H,3-10H2,1-2H3;2*1H/t18-;;/m1../s1. The highest BCUT2D eigenvalue weighted by atomic mass is 79.9. The van der Waals surface area contributed by atoms with Crippen LogP contribution in [0, 0.1) is 5.92 Å². The van der Waals surface area contributed by atoms with Crippen molar-refractivity contribution in [2.24, 2.45) is 5.92 Å². The van der Waals surface area contributed by atoms with E-state index in [1.807, 2.05) is 0 Å². The molecule has 0 aromatic heterocycles. The molecule has 1 aromatic rings. The van der Waals surface area contributed by atoms with Crippen molar-refractivity contribution in [1.82, 2.24) is 10.2 Å². The number of methoxy groups -OCH3 is 2. The average molecular weight is 456 g/mol. The molecule has 0 radical (unpaired) electrons. The Morgan fingerprint density at radius 3 is 2.04 bits per heavy atom. The molecule has 2 aliphatic rings. The number of nitrogens with zero attached hydrogens (tertiary/aromatic N) is 1. The number of nitrogens with one attached hydrogen (secondary N) is 1. The second kappa shape index (κ2) is 10.8. The lowest BCUT2D eigenvalue weighted by atomic mass is 9.89. The number of hydrogen-bond donors (Lipinski definition) is 1. The summed E-state index contributed by atoms with van der Waals surface area (Å²) in [5, 5.41) is 3.47. The number of hydrogen-bond acceptors (Lipinski definition) is 4. The van der Waals surface area contributed by atoms with Gasteiger partial charge in [0.1, 0.15) is 16.0 Å². The molecular weight excluding hydrogens is 427 g/mol. The molecule has 0 unspecified atom stereocenters. The van der Waals surface area contributed by atoms with Gasteiger partial charge in [0.25, 0.3) is 0 Å². The molecule has 1 saturated carbocycles. The molecule has 1 heterocycles. The highest BCUT2D eigenvalue weighted by molar-refractivity contribution is 9.10. The van der Waals surface area contributed by atoms with Crippen LogP contribution in [0.25, 0.3) is 0 Å². The van der Waals surface area contributed by atoms with Gasteiger partial charge in [-0.1, -0.05) is 12.8 Å². The maximum atomic E-state index is 5.57. The fourth-order valence-corrected chi connectivity index (χ4v) is 4.63. The predicted molar refractivity (Wildman–Crippen MR) is 111 cm³/mol. The van der Waals surface area contributed by atoms with Crippen LogP contribution in [-0.4, -0.2) is 45.3 Å². The third kappa shape index (κ3) is 5.16. The molecule has 1 N–H and O–H groups in total. The van der Waals surface area contributed by atoms with E-state index >= 15 is 0 Å². The minimum atomic E-state index is 0. The second-order valence-electron chi connectivity index (χ2n) is 6.51. The molecule has 0 amide bonds. The van der Waals surface area contributed by atoms with Crippen LogP contribution in [-0.2, 0) is 0 Å². The first-order valence-corrected chi connectivity index (χ1v) is 9.40. The highest BCUT2D eigenvalue weighted by Gasteiger charge is 2.32. The quantitative estimate of drug-likeness (QED) is 0.711. The molecule has 2 fully saturated rings. The van der Waals surface area contributed by atoms with Crippen molar-refractivity contribution in [1.29, 1.82) is 0 Å². The fraction of sp³-hybridized carbons (Fsp3) is 0.667. The number of benzene rings is 1. The number of halogens is 3. The van der Waals surface area contributed by atoms with Gasteiger partial charge < -0.3 is 14.8 Å². The summed E-state index contributed by atoms with van der Waals surface area (Å²) >= 11 is 3.59. The highest BCUT2D eigenvalue weighted by Crippen LogP contribution is 2.44.